The molecule has 2 rings (SSSR count). The van der Waals surface area contributed by atoms with Gasteiger partial charge in [-0.05, 0) is 43.5 Å². The molecule has 1 aliphatic heterocycles. The normalized spacial score (nSPS) is 14.2. The zero-order valence-corrected chi connectivity index (χ0v) is 13.3. The number of methoxy groups -OCH3 is 1. The maximum Gasteiger partial charge on any atom is 0.306 e. The number of nitrogens with zero attached hydrogens (tertiary/aromatic N) is 1. The predicted octanol–water partition coefficient (Wildman–Crippen LogP) is 2.20. The number of carbonyl (C=O) groups excluding carboxylic acids is 3. The third-order valence-corrected chi connectivity index (χ3v) is 3.84. The van der Waals surface area contributed by atoms with Crippen LogP contribution in [0.1, 0.15) is 42.5 Å². The predicted molar refractivity (Wildman–Crippen MR) is 86.1 cm³/mol. The molecular weight excluding hydrogens is 296 g/mol. The molecule has 1 N–H and O–H groups in total. The fourth-order valence-electron chi connectivity index (χ4n) is 2.52. The molecule has 6 nitrogen and oxygen atoms in total. The number of nitrogens with one attached hydrogen (secondary N) is 1. The molecule has 23 heavy (non-hydrogen) atoms. The second kappa shape index (κ2) is 8.31. The number of anilines is 1. The lowest BCUT2D eigenvalue weighted by Crippen LogP contribution is -2.35. The van der Waals surface area contributed by atoms with Gasteiger partial charge in [0.2, 0.25) is 5.91 Å². The Balaban J connectivity index is 1.87. The number of hydrogen-bond donors (Lipinski definition) is 1. The molecule has 124 valence electrons. The van der Waals surface area contributed by atoms with Crippen LogP contribution in [0, 0.1) is 0 Å². The van der Waals surface area contributed by atoms with Gasteiger partial charge in [0.25, 0.3) is 5.91 Å². The molecule has 0 saturated carbocycles. The fourth-order valence-corrected chi connectivity index (χ4v) is 2.52. The molecule has 1 heterocycles. The summed E-state index contributed by atoms with van der Waals surface area (Å²) in [5, 5.41) is 2.70. The van der Waals surface area contributed by atoms with E-state index in [9.17, 15) is 14.4 Å². The number of carbonyl (C=O) groups is 3. The summed E-state index contributed by atoms with van der Waals surface area (Å²) >= 11 is 0. The number of likely N-dealkylation sites (tertiary alicyclic amines) is 1. The Kier molecular flexibility index (Phi) is 6.14. The average molecular weight is 318 g/mol. The summed E-state index contributed by atoms with van der Waals surface area (Å²) in [4.78, 5) is 36.9. The molecule has 1 fully saturated rings. The molecule has 0 atom stereocenters. The molecular formula is C17H22N2O4. The molecule has 0 aromatic heterocycles. The summed E-state index contributed by atoms with van der Waals surface area (Å²) in [5.74, 6) is -0.638. The Hall–Kier alpha value is -2.37. The minimum Gasteiger partial charge on any atom is -0.469 e. The lowest BCUT2D eigenvalue weighted by atomic mass is 10.1. The third-order valence-electron chi connectivity index (χ3n) is 3.84. The molecule has 1 aromatic rings. The van der Waals surface area contributed by atoms with Gasteiger partial charge in [-0.25, -0.2) is 0 Å². The van der Waals surface area contributed by atoms with E-state index < -0.39 is 5.97 Å². The largest absolute Gasteiger partial charge is 0.469 e. The van der Waals surface area contributed by atoms with Crippen molar-refractivity contribution in [2.75, 3.05) is 25.5 Å². The summed E-state index contributed by atoms with van der Waals surface area (Å²) in [6, 6.07) is 6.83. The van der Waals surface area contributed by atoms with Crippen molar-refractivity contribution in [3.63, 3.8) is 0 Å². The molecule has 6 heteroatoms. The number of amides is 2. The van der Waals surface area contributed by atoms with Gasteiger partial charge in [-0.15, -0.1) is 0 Å². The van der Waals surface area contributed by atoms with Gasteiger partial charge >= 0.3 is 5.97 Å². The van der Waals surface area contributed by atoms with Crippen LogP contribution < -0.4 is 5.32 Å². The molecule has 1 aliphatic rings. The van der Waals surface area contributed by atoms with E-state index in [2.05, 4.69) is 10.1 Å². The quantitative estimate of drug-likeness (QED) is 0.845. The minimum absolute atomic E-state index is 0.0354. The van der Waals surface area contributed by atoms with E-state index in [1.54, 1.807) is 24.3 Å². The van der Waals surface area contributed by atoms with Crippen LogP contribution >= 0.6 is 0 Å². The molecule has 0 unspecified atom stereocenters. The van der Waals surface area contributed by atoms with E-state index in [4.69, 9.17) is 0 Å². The van der Waals surface area contributed by atoms with Crippen molar-refractivity contribution in [3.05, 3.63) is 29.8 Å². The van der Waals surface area contributed by atoms with E-state index in [0.717, 1.165) is 25.9 Å². The van der Waals surface area contributed by atoms with E-state index in [0.29, 0.717) is 11.3 Å². The number of piperidine rings is 1. The van der Waals surface area contributed by atoms with Crippen LogP contribution in [-0.4, -0.2) is 42.9 Å². The SMILES string of the molecule is COC(=O)CCC(=O)Nc1ccc(C(=O)N2CCCCC2)cc1. The van der Waals surface area contributed by atoms with Crippen molar-refractivity contribution in [2.24, 2.45) is 0 Å². The minimum atomic E-state index is -0.414. The van der Waals surface area contributed by atoms with Gasteiger partial charge in [-0.3, -0.25) is 14.4 Å². The van der Waals surface area contributed by atoms with E-state index in [-0.39, 0.29) is 24.7 Å². The Morgan fingerprint density at radius 1 is 1.04 bits per heavy atom. The molecule has 0 aliphatic carbocycles. The molecule has 1 aromatic carbocycles. The summed E-state index contributed by atoms with van der Waals surface area (Å²) in [6.45, 7) is 1.62. The second-order valence-electron chi connectivity index (χ2n) is 5.55. The Morgan fingerprint density at radius 2 is 1.70 bits per heavy atom. The van der Waals surface area contributed by atoms with Crippen LogP contribution in [0.5, 0.6) is 0 Å². The first-order valence-electron chi connectivity index (χ1n) is 7.86. The Bertz CT molecular complexity index is 562. The summed E-state index contributed by atoms with van der Waals surface area (Å²) in [5.41, 5.74) is 1.23. The van der Waals surface area contributed by atoms with Crippen LogP contribution in [0.25, 0.3) is 0 Å². The van der Waals surface area contributed by atoms with Crippen molar-refractivity contribution in [1.29, 1.82) is 0 Å². The van der Waals surface area contributed by atoms with Crippen LogP contribution in [-0.2, 0) is 14.3 Å². The molecule has 1 saturated heterocycles. The van der Waals surface area contributed by atoms with Gasteiger partial charge in [0.1, 0.15) is 0 Å². The highest BCUT2D eigenvalue weighted by Gasteiger charge is 2.18. The first-order chi connectivity index (χ1) is 11.1. The maximum atomic E-state index is 12.3. The Morgan fingerprint density at radius 3 is 2.30 bits per heavy atom. The smallest absolute Gasteiger partial charge is 0.306 e. The number of rotatable bonds is 5. The van der Waals surface area contributed by atoms with Gasteiger partial charge in [0.15, 0.2) is 0 Å². The highest BCUT2D eigenvalue weighted by atomic mass is 16.5. The van der Waals surface area contributed by atoms with Gasteiger partial charge in [-0.1, -0.05) is 0 Å². The molecule has 0 spiro atoms. The zero-order valence-electron chi connectivity index (χ0n) is 13.3. The number of benzene rings is 1. The first kappa shape index (κ1) is 17.0. The standard InChI is InChI=1S/C17H22N2O4/c1-23-16(21)10-9-15(20)18-14-7-5-13(6-8-14)17(22)19-11-3-2-4-12-19/h5-8H,2-4,9-12H2,1H3,(H,18,20). The molecule has 2 amide bonds. The highest BCUT2D eigenvalue weighted by molar-refractivity contribution is 5.96. The number of ether oxygens (including phenoxy) is 1. The topological polar surface area (TPSA) is 75.7 Å². The summed E-state index contributed by atoms with van der Waals surface area (Å²) < 4.78 is 4.49. The molecule has 0 bridgehead atoms. The van der Waals surface area contributed by atoms with Gasteiger partial charge < -0.3 is 15.0 Å². The lowest BCUT2D eigenvalue weighted by molar-refractivity contribution is -0.141. The second-order valence-corrected chi connectivity index (χ2v) is 5.55. The molecule has 0 radical (unpaired) electrons. The van der Waals surface area contributed by atoms with E-state index in [1.165, 1.54) is 13.5 Å². The van der Waals surface area contributed by atoms with Gasteiger partial charge in [-0.2, -0.15) is 0 Å². The monoisotopic (exact) mass is 318 g/mol. The van der Waals surface area contributed by atoms with Crippen LogP contribution in [0.2, 0.25) is 0 Å². The van der Waals surface area contributed by atoms with Gasteiger partial charge in [0.05, 0.1) is 13.5 Å². The van der Waals surface area contributed by atoms with Crippen molar-refractivity contribution < 1.29 is 19.1 Å². The van der Waals surface area contributed by atoms with Crippen LogP contribution in [0.4, 0.5) is 5.69 Å². The number of hydrogen-bond acceptors (Lipinski definition) is 4. The Labute approximate surface area is 135 Å². The highest BCUT2D eigenvalue weighted by Crippen LogP contribution is 2.15. The van der Waals surface area contributed by atoms with Crippen molar-refractivity contribution in [3.8, 4) is 0 Å². The maximum absolute atomic E-state index is 12.3. The van der Waals surface area contributed by atoms with Crippen LogP contribution in [0.15, 0.2) is 24.3 Å². The van der Waals surface area contributed by atoms with Gasteiger partial charge in [0, 0.05) is 30.8 Å². The zero-order chi connectivity index (χ0) is 16.7. The summed E-state index contributed by atoms with van der Waals surface area (Å²) in [7, 11) is 1.29. The average Bonchev–Trinajstić information content (AvgIpc) is 2.60. The number of esters is 1. The third kappa shape index (κ3) is 5.09. The van der Waals surface area contributed by atoms with E-state index >= 15 is 0 Å². The van der Waals surface area contributed by atoms with E-state index in [1.807, 2.05) is 4.90 Å². The van der Waals surface area contributed by atoms with Crippen molar-refractivity contribution in [1.82, 2.24) is 4.90 Å². The van der Waals surface area contributed by atoms with Crippen molar-refractivity contribution >= 4 is 23.5 Å². The fraction of sp³-hybridized carbons (Fsp3) is 0.471. The van der Waals surface area contributed by atoms with Crippen LogP contribution in [0.3, 0.4) is 0 Å². The first-order valence-corrected chi connectivity index (χ1v) is 7.86. The summed E-state index contributed by atoms with van der Waals surface area (Å²) in [6.07, 6.45) is 3.41. The van der Waals surface area contributed by atoms with Crippen molar-refractivity contribution in [2.45, 2.75) is 32.1 Å². The lowest BCUT2D eigenvalue weighted by Gasteiger charge is -2.26.